The molecule has 1 aliphatic heterocycles. The first kappa shape index (κ1) is 24.6. The van der Waals surface area contributed by atoms with Gasteiger partial charge >= 0.3 is 12.1 Å². The fourth-order valence-electron chi connectivity index (χ4n) is 3.74. The number of aromatic amines is 2. The van der Waals surface area contributed by atoms with E-state index in [1.165, 1.54) is 12.1 Å². The normalized spacial score (nSPS) is 15.4. The zero-order chi connectivity index (χ0) is 25.2. The van der Waals surface area contributed by atoms with Gasteiger partial charge in [0.05, 0.1) is 48.5 Å². The van der Waals surface area contributed by atoms with Crippen molar-refractivity contribution in [2.45, 2.75) is 39.0 Å². The van der Waals surface area contributed by atoms with E-state index in [4.69, 9.17) is 4.74 Å². The molecule has 8 nitrogen and oxygen atoms in total. The molecular formula is C24H27F3N5O3+. The predicted octanol–water partition coefficient (Wildman–Crippen LogP) is 4.07. The number of aliphatic carboxylic acids is 1. The molecule has 0 atom stereocenters. The van der Waals surface area contributed by atoms with Crippen LogP contribution in [0.4, 0.5) is 19.0 Å². The fourth-order valence-corrected chi connectivity index (χ4v) is 3.74. The first-order valence-corrected chi connectivity index (χ1v) is 11.2. The van der Waals surface area contributed by atoms with E-state index >= 15 is 0 Å². The topological polar surface area (TPSA) is 105 Å². The van der Waals surface area contributed by atoms with Crippen molar-refractivity contribution in [2.24, 2.45) is 5.41 Å². The number of rotatable bonds is 7. The molecule has 0 amide bonds. The second kappa shape index (κ2) is 9.65. The molecule has 0 radical (unpaired) electrons. The Labute approximate surface area is 200 Å². The molecule has 3 heterocycles. The Morgan fingerprint density at radius 1 is 1.14 bits per heavy atom. The van der Waals surface area contributed by atoms with Gasteiger partial charge in [-0.2, -0.15) is 18.3 Å². The number of halogens is 3. The van der Waals surface area contributed by atoms with Crippen LogP contribution in [0.15, 0.2) is 42.6 Å². The molecule has 186 valence electrons. The molecular weight excluding hydrogens is 463 g/mol. The first-order chi connectivity index (χ1) is 16.5. The van der Waals surface area contributed by atoms with Gasteiger partial charge in [0, 0.05) is 24.5 Å². The van der Waals surface area contributed by atoms with Crippen LogP contribution in [-0.4, -0.2) is 52.1 Å². The Balaban J connectivity index is 1.35. The molecule has 0 saturated carbocycles. The van der Waals surface area contributed by atoms with Gasteiger partial charge in [0.1, 0.15) is 0 Å². The summed E-state index contributed by atoms with van der Waals surface area (Å²) < 4.78 is 44.1. The molecule has 1 aromatic carbocycles. The molecule has 11 heteroatoms. The number of H-pyrrole nitrogens is 2. The summed E-state index contributed by atoms with van der Waals surface area (Å²) in [4.78, 5) is 21.1. The number of aromatic nitrogens is 4. The monoisotopic (exact) mass is 490 g/mol. The molecule has 3 N–H and O–H groups in total. The van der Waals surface area contributed by atoms with Crippen LogP contribution in [0.5, 0.6) is 0 Å². The Bertz CT molecular complexity index is 1150. The molecule has 0 unspecified atom stereocenters. The number of hydrogen-bond donors (Lipinski definition) is 2. The molecule has 1 saturated heterocycles. The number of carboxylic acids is 1. The summed E-state index contributed by atoms with van der Waals surface area (Å²) >= 11 is 0. The van der Waals surface area contributed by atoms with Gasteiger partial charge in [-0.3, -0.25) is 14.8 Å². The standard InChI is InChI=1S/C24H26F3N5O3/c1-23(2,22(33)34)14-35-18-9-11-32(12-10-18)19-8-5-16(13-28-19)21-29-20(30-31-21)15-3-6-17(7-4-15)24(25,26)27/h3-8,13,18H,9-12,14H2,1-2H3,(H,33,34)(H,29,30,31)/p+1. The molecule has 1 fully saturated rings. The quantitative estimate of drug-likeness (QED) is 0.517. The van der Waals surface area contributed by atoms with E-state index in [0.29, 0.717) is 17.2 Å². The smallest absolute Gasteiger partial charge is 0.416 e. The Kier molecular flexibility index (Phi) is 6.79. The summed E-state index contributed by atoms with van der Waals surface area (Å²) in [6, 6.07) is 8.56. The lowest BCUT2D eigenvalue weighted by molar-refractivity contribution is -0.363. The second-order valence-corrected chi connectivity index (χ2v) is 9.23. The van der Waals surface area contributed by atoms with Crippen molar-refractivity contribution >= 4 is 11.8 Å². The molecule has 4 rings (SSSR count). The van der Waals surface area contributed by atoms with E-state index in [0.717, 1.165) is 49.4 Å². The number of nitrogens with one attached hydrogen (secondary N) is 2. The Morgan fingerprint density at radius 2 is 1.80 bits per heavy atom. The molecule has 35 heavy (non-hydrogen) atoms. The van der Waals surface area contributed by atoms with Crippen LogP contribution in [0.1, 0.15) is 32.3 Å². The summed E-state index contributed by atoms with van der Waals surface area (Å²) in [5.41, 5.74) is -0.384. The van der Waals surface area contributed by atoms with E-state index < -0.39 is 23.1 Å². The number of benzene rings is 1. The first-order valence-electron chi connectivity index (χ1n) is 11.2. The van der Waals surface area contributed by atoms with Crippen LogP contribution >= 0.6 is 0 Å². The van der Waals surface area contributed by atoms with Gasteiger partial charge in [0.15, 0.2) is 11.6 Å². The zero-order valence-corrected chi connectivity index (χ0v) is 19.4. The third-order valence-corrected chi connectivity index (χ3v) is 6.07. The largest absolute Gasteiger partial charge is 0.481 e. The minimum atomic E-state index is -4.39. The maximum atomic E-state index is 12.8. The van der Waals surface area contributed by atoms with Crippen molar-refractivity contribution in [1.29, 1.82) is 0 Å². The minimum absolute atomic E-state index is 0.0287. The Hall–Kier alpha value is -3.47. The van der Waals surface area contributed by atoms with Crippen molar-refractivity contribution in [3.63, 3.8) is 0 Å². The van der Waals surface area contributed by atoms with Gasteiger partial charge in [0.2, 0.25) is 0 Å². The van der Waals surface area contributed by atoms with Crippen molar-refractivity contribution in [2.75, 3.05) is 24.6 Å². The average Bonchev–Trinajstić information content (AvgIpc) is 3.33. The highest BCUT2D eigenvalue weighted by Gasteiger charge is 2.32. The fraction of sp³-hybridized carbons (Fsp3) is 0.417. The third-order valence-electron chi connectivity index (χ3n) is 6.07. The number of ether oxygens (including phenoxy) is 1. The van der Waals surface area contributed by atoms with Crippen molar-refractivity contribution in [3.05, 3.63) is 48.2 Å². The molecule has 1 aliphatic rings. The number of hydrogen-bond acceptors (Lipinski definition) is 5. The summed E-state index contributed by atoms with van der Waals surface area (Å²) in [6.45, 7) is 5.03. The molecule has 3 aromatic rings. The van der Waals surface area contributed by atoms with Crippen LogP contribution in [0.25, 0.3) is 22.8 Å². The van der Waals surface area contributed by atoms with Crippen LogP contribution < -0.4 is 9.88 Å². The Morgan fingerprint density at radius 3 is 2.37 bits per heavy atom. The number of pyridine rings is 1. The summed E-state index contributed by atoms with van der Waals surface area (Å²) in [5.74, 6) is 0.862. The highest BCUT2D eigenvalue weighted by atomic mass is 19.4. The summed E-state index contributed by atoms with van der Waals surface area (Å²) in [7, 11) is 0. The number of carboxylic acid groups (broad SMARTS) is 1. The average molecular weight is 491 g/mol. The van der Waals surface area contributed by atoms with E-state index in [1.807, 2.05) is 12.1 Å². The van der Waals surface area contributed by atoms with Crippen molar-refractivity contribution in [3.8, 4) is 22.8 Å². The molecule has 0 aliphatic carbocycles. The van der Waals surface area contributed by atoms with Crippen LogP contribution in [0.2, 0.25) is 0 Å². The number of piperidine rings is 1. The van der Waals surface area contributed by atoms with E-state index in [9.17, 15) is 23.1 Å². The minimum Gasteiger partial charge on any atom is -0.481 e. The zero-order valence-electron chi connectivity index (χ0n) is 19.4. The van der Waals surface area contributed by atoms with Gasteiger partial charge in [0.25, 0.3) is 5.82 Å². The van der Waals surface area contributed by atoms with E-state index in [-0.39, 0.29) is 12.7 Å². The van der Waals surface area contributed by atoms with E-state index in [1.54, 1.807) is 20.0 Å². The van der Waals surface area contributed by atoms with Crippen LogP contribution in [-0.2, 0) is 15.7 Å². The van der Waals surface area contributed by atoms with Gasteiger partial charge in [-0.25, -0.2) is 9.97 Å². The second-order valence-electron chi connectivity index (χ2n) is 9.23. The number of anilines is 1. The lowest BCUT2D eigenvalue weighted by Gasteiger charge is -2.30. The lowest BCUT2D eigenvalue weighted by Crippen LogP contribution is -2.41. The molecule has 0 spiro atoms. The summed E-state index contributed by atoms with van der Waals surface area (Å²) in [6.07, 6.45) is -0.985. The van der Waals surface area contributed by atoms with Gasteiger partial charge in [-0.05, 0) is 32.0 Å². The van der Waals surface area contributed by atoms with Gasteiger partial charge in [-0.1, -0.05) is 12.1 Å². The molecule has 2 aromatic heterocycles. The third kappa shape index (κ3) is 5.79. The van der Waals surface area contributed by atoms with Crippen molar-refractivity contribution in [1.82, 2.24) is 15.2 Å². The van der Waals surface area contributed by atoms with Crippen LogP contribution in [0, 0.1) is 5.41 Å². The number of carbonyl (C=O) groups is 1. The number of alkyl halides is 3. The summed E-state index contributed by atoms with van der Waals surface area (Å²) in [5, 5.41) is 16.2. The SMILES string of the molecule is CC(C)(COC1CCN(c2ccc(-c3n[nH]c(-c4ccc(C(F)(F)F)cc4)n3)c[nH+]2)CC1)C(=O)O. The maximum Gasteiger partial charge on any atom is 0.416 e. The van der Waals surface area contributed by atoms with Crippen molar-refractivity contribution < 1.29 is 32.8 Å². The maximum absolute atomic E-state index is 12.8. The van der Waals surface area contributed by atoms with E-state index in [2.05, 4.69) is 25.1 Å². The molecule has 0 bridgehead atoms. The van der Waals surface area contributed by atoms with Gasteiger partial charge in [-0.15, -0.1) is 0 Å². The lowest BCUT2D eigenvalue weighted by atomic mass is 9.95. The van der Waals surface area contributed by atoms with Crippen LogP contribution in [0.3, 0.4) is 0 Å². The highest BCUT2D eigenvalue weighted by molar-refractivity contribution is 5.73. The number of nitrogens with zero attached hydrogens (tertiary/aromatic N) is 3. The van der Waals surface area contributed by atoms with Gasteiger partial charge < -0.3 is 9.84 Å². The predicted molar refractivity (Wildman–Crippen MR) is 121 cm³/mol. The highest BCUT2D eigenvalue weighted by Crippen LogP contribution is 2.30.